The van der Waals surface area contributed by atoms with E-state index in [4.69, 9.17) is 0 Å². The van der Waals surface area contributed by atoms with E-state index in [9.17, 15) is 18.3 Å². The van der Waals surface area contributed by atoms with E-state index in [0.717, 1.165) is 23.3 Å². The first kappa shape index (κ1) is 12.5. The Kier molecular flexibility index (Phi) is 3.03. The van der Waals surface area contributed by atoms with Crippen LogP contribution in [0.15, 0.2) is 42.5 Å². The summed E-state index contributed by atoms with van der Waals surface area (Å²) in [6.45, 7) is 1.84. The van der Waals surface area contributed by atoms with Gasteiger partial charge in [-0.1, -0.05) is 30.3 Å². The Hall–Kier alpha value is -1.97. The third-order valence-corrected chi connectivity index (χ3v) is 2.76. The molecule has 18 heavy (non-hydrogen) atoms. The van der Waals surface area contributed by atoms with Crippen molar-refractivity contribution in [2.45, 2.75) is 13.1 Å². The van der Waals surface area contributed by atoms with Crippen molar-refractivity contribution in [3.05, 3.63) is 53.6 Å². The maximum atomic E-state index is 12.5. The first-order valence-electron chi connectivity index (χ1n) is 5.36. The molecule has 0 aromatic heterocycles. The number of rotatable bonds is 1. The Labute approximate surface area is 103 Å². The smallest absolute Gasteiger partial charge is 0.416 e. The fourth-order valence-electron chi connectivity index (χ4n) is 1.81. The number of aromatic hydroxyl groups is 1. The summed E-state index contributed by atoms with van der Waals surface area (Å²) >= 11 is 0. The summed E-state index contributed by atoms with van der Waals surface area (Å²) in [6, 6.07) is 10.2. The summed E-state index contributed by atoms with van der Waals surface area (Å²) in [5, 5.41) is 9.73. The maximum absolute atomic E-state index is 12.5. The van der Waals surface area contributed by atoms with Crippen molar-refractivity contribution < 1.29 is 18.3 Å². The van der Waals surface area contributed by atoms with Crippen molar-refractivity contribution in [1.82, 2.24) is 0 Å². The second-order valence-electron chi connectivity index (χ2n) is 4.04. The van der Waals surface area contributed by atoms with Crippen LogP contribution in [0.4, 0.5) is 13.2 Å². The van der Waals surface area contributed by atoms with Gasteiger partial charge in [-0.15, -0.1) is 0 Å². The SMILES string of the molecule is Cc1ccccc1-c1ccc(C(F)(F)F)cc1O. The van der Waals surface area contributed by atoms with Gasteiger partial charge in [0.1, 0.15) is 5.75 Å². The van der Waals surface area contributed by atoms with Gasteiger partial charge in [0, 0.05) is 5.56 Å². The lowest BCUT2D eigenvalue weighted by Crippen LogP contribution is -2.04. The lowest BCUT2D eigenvalue weighted by Gasteiger charge is -2.11. The summed E-state index contributed by atoms with van der Waals surface area (Å²) in [4.78, 5) is 0. The zero-order valence-electron chi connectivity index (χ0n) is 9.62. The molecule has 0 atom stereocenters. The molecule has 0 saturated carbocycles. The Morgan fingerprint density at radius 2 is 1.61 bits per heavy atom. The third-order valence-electron chi connectivity index (χ3n) is 2.76. The number of hydrogen-bond donors (Lipinski definition) is 1. The Bertz CT molecular complexity index is 573. The second kappa shape index (κ2) is 4.37. The van der Waals surface area contributed by atoms with Crippen molar-refractivity contribution >= 4 is 0 Å². The van der Waals surface area contributed by atoms with Crippen molar-refractivity contribution in [2.24, 2.45) is 0 Å². The van der Waals surface area contributed by atoms with Crippen LogP contribution in [0.3, 0.4) is 0 Å². The predicted molar refractivity (Wildman–Crippen MR) is 63.3 cm³/mol. The van der Waals surface area contributed by atoms with E-state index >= 15 is 0 Å². The van der Waals surface area contributed by atoms with Crippen molar-refractivity contribution in [1.29, 1.82) is 0 Å². The highest BCUT2D eigenvalue weighted by Gasteiger charge is 2.31. The number of benzene rings is 2. The molecule has 0 aliphatic heterocycles. The molecule has 0 radical (unpaired) electrons. The van der Waals surface area contributed by atoms with Gasteiger partial charge in [0.05, 0.1) is 5.56 Å². The fourth-order valence-corrected chi connectivity index (χ4v) is 1.81. The maximum Gasteiger partial charge on any atom is 0.416 e. The van der Waals surface area contributed by atoms with Gasteiger partial charge < -0.3 is 5.11 Å². The zero-order chi connectivity index (χ0) is 13.3. The van der Waals surface area contributed by atoms with Crippen molar-refractivity contribution in [3.8, 4) is 16.9 Å². The fraction of sp³-hybridized carbons (Fsp3) is 0.143. The molecule has 0 fully saturated rings. The first-order chi connectivity index (χ1) is 8.39. The van der Waals surface area contributed by atoms with Gasteiger partial charge in [-0.05, 0) is 30.2 Å². The molecule has 94 valence electrons. The van der Waals surface area contributed by atoms with E-state index in [-0.39, 0.29) is 5.75 Å². The standard InChI is InChI=1S/C14H11F3O/c1-9-4-2-3-5-11(9)12-7-6-10(8-13(12)18)14(15,16)17/h2-8,18H,1H3. The summed E-state index contributed by atoms with van der Waals surface area (Å²) in [5.74, 6) is -0.362. The predicted octanol–water partition coefficient (Wildman–Crippen LogP) is 4.39. The Balaban J connectivity index is 2.52. The summed E-state index contributed by atoms with van der Waals surface area (Å²) in [7, 11) is 0. The molecule has 4 heteroatoms. The quantitative estimate of drug-likeness (QED) is 0.798. The molecular formula is C14H11F3O. The van der Waals surface area contributed by atoms with Crippen LogP contribution in [-0.4, -0.2) is 5.11 Å². The minimum absolute atomic E-state index is 0.362. The molecule has 2 rings (SSSR count). The van der Waals surface area contributed by atoms with Gasteiger partial charge in [0.25, 0.3) is 0 Å². The van der Waals surface area contributed by atoms with Crippen LogP contribution in [0.1, 0.15) is 11.1 Å². The second-order valence-corrected chi connectivity index (χ2v) is 4.04. The topological polar surface area (TPSA) is 20.2 Å². The number of hydrogen-bond acceptors (Lipinski definition) is 1. The Morgan fingerprint density at radius 3 is 2.17 bits per heavy atom. The number of halogens is 3. The lowest BCUT2D eigenvalue weighted by atomic mass is 9.98. The third kappa shape index (κ3) is 2.32. The molecule has 0 unspecified atom stereocenters. The normalized spacial score (nSPS) is 11.6. The van der Waals surface area contributed by atoms with Crippen molar-refractivity contribution in [2.75, 3.05) is 0 Å². The van der Waals surface area contributed by atoms with Gasteiger partial charge in [0.15, 0.2) is 0 Å². The monoisotopic (exact) mass is 252 g/mol. The van der Waals surface area contributed by atoms with E-state index in [1.54, 1.807) is 12.1 Å². The summed E-state index contributed by atoms with van der Waals surface area (Å²) in [6.07, 6.45) is -4.44. The number of aryl methyl sites for hydroxylation is 1. The first-order valence-corrected chi connectivity index (χ1v) is 5.36. The van der Waals surface area contributed by atoms with Crippen LogP contribution < -0.4 is 0 Å². The van der Waals surface area contributed by atoms with E-state index in [1.165, 1.54) is 6.07 Å². The molecule has 0 heterocycles. The average Bonchev–Trinajstić information content (AvgIpc) is 2.29. The number of phenolic OH excluding ortho intramolecular Hbond substituents is 1. The van der Waals surface area contributed by atoms with Crippen LogP contribution in [0.5, 0.6) is 5.75 Å². The molecule has 0 saturated heterocycles. The highest BCUT2D eigenvalue weighted by atomic mass is 19.4. The molecule has 1 N–H and O–H groups in total. The van der Waals surface area contributed by atoms with Crippen LogP contribution >= 0.6 is 0 Å². The van der Waals surface area contributed by atoms with Gasteiger partial charge >= 0.3 is 6.18 Å². The van der Waals surface area contributed by atoms with E-state index in [0.29, 0.717) is 5.56 Å². The minimum atomic E-state index is -4.44. The number of phenols is 1. The van der Waals surface area contributed by atoms with Crippen LogP contribution in [0, 0.1) is 6.92 Å². The zero-order valence-corrected chi connectivity index (χ0v) is 9.62. The van der Waals surface area contributed by atoms with Crippen molar-refractivity contribution in [3.63, 3.8) is 0 Å². The largest absolute Gasteiger partial charge is 0.507 e. The average molecular weight is 252 g/mol. The molecule has 0 spiro atoms. The molecule has 2 aromatic carbocycles. The highest BCUT2D eigenvalue weighted by Crippen LogP contribution is 2.37. The lowest BCUT2D eigenvalue weighted by molar-refractivity contribution is -0.137. The summed E-state index contributed by atoms with van der Waals surface area (Å²) < 4.78 is 37.4. The molecule has 1 nitrogen and oxygen atoms in total. The number of alkyl halides is 3. The van der Waals surface area contributed by atoms with Crippen LogP contribution in [-0.2, 0) is 6.18 Å². The van der Waals surface area contributed by atoms with Crippen LogP contribution in [0.25, 0.3) is 11.1 Å². The molecule has 0 bridgehead atoms. The van der Waals surface area contributed by atoms with E-state index in [1.807, 2.05) is 19.1 Å². The van der Waals surface area contributed by atoms with Gasteiger partial charge in [-0.25, -0.2) is 0 Å². The molecule has 0 aliphatic carbocycles. The van der Waals surface area contributed by atoms with E-state index < -0.39 is 11.7 Å². The summed E-state index contributed by atoms with van der Waals surface area (Å²) in [5.41, 5.74) is 1.18. The van der Waals surface area contributed by atoms with Gasteiger partial charge in [-0.3, -0.25) is 0 Å². The molecule has 2 aromatic rings. The van der Waals surface area contributed by atoms with Gasteiger partial charge in [-0.2, -0.15) is 13.2 Å². The van der Waals surface area contributed by atoms with E-state index in [2.05, 4.69) is 0 Å². The molecular weight excluding hydrogens is 241 g/mol. The minimum Gasteiger partial charge on any atom is -0.507 e. The molecule has 0 amide bonds. The van der Waals surface area contributed by atoms with Gasteiger partial charge in [0.2, 0.25) is 0 Å². The Morgan fingerprint density at radius 1 is 0.944 bits per heavy atom. The van der Waals surface area contributed by atoms with Crippen LogP contribution in [0.2, 0.25) is 0 Å². The highest BCUT2D eigenvalue weighted by molar-refractivity contribution is 5.73. The molecule has 0 aliphatic rings.